The number of ether oxygens (including phenoxy) is 2. The number of aliphatic hydroxyl groups is 1. The number of carbonyl (C=O) groups excluding carboxylic acids is 2. The van der Waals surface area contributed by atoms with Gasteiger partial charge in [-0.1, -0.05) is 36.8 Å². The Morgan fingerprint density at radius 2 is 1.90 bits per heavy atom. The van der Waals surface area contributed by atoms with Gasteiger partial charge in [-0.3, -0.25) is 9.59 Å². The second-order valence-electron chi connectivity index (χ2n) is 8.12. The molecule has 0 radical (unpaired) electrons. The van der Waals surface area contributed by atoms with Crippen molar-refractivity contribution < 1.29 is 24.2 Å². The maximum absolute atomic E-state index is 12.6. The second-order valence-corrected chi connectivity index (χ2v) is 8.12. The van der Waals surface area contributed by atoms with E-state index in [1.807, 2.05) is 18.2 Å². The van der Waals surface area contributed by atoms with Gasteiger partial charge in [-0.2, -0.15) is 0 Å². The molecule has 1 aliphatic heterocycles. The first-order valence-corrected chi connectivity index (χ1v) is 10.5. The summed E-state index contributed by atoms with van der Waals surface area (Å²) >= 11 is 0. The lowest BCUT2D eigenvalue weighted by Crippen LogP contribution is -2.43. The second kappa shape index (κ2) is 8.88. The summed E-state index contributed by atoms with van der Waals surface area (Å²) < 4.78 is 11.9. The molecule has 1 atom stereocenters. The fourth-order valence-corrected chi connectivity index (χ4v) is 4.24. The molecule has 0 aromatic heterocycles. The molecule has 158 valence electrons. The van der Waals surface area contributed by atoms with Crippen molar-refractivity contribution in [3.63, 3.8) is 0 Å². The predicted molar refractivity (Wildman–Crippen MR) is 112 cm³/mol. The van der Waals surface area contributed by atoms with Crippen LogP contribution in [-0.2, 0) is 4.79 Å². The van der Waals surface area contributed by atoms with Crippen molar-refractivity contribution in [1.29, 1.82) is 0 Å². The number of hydrogen-bond donors (Lipinski definition) is 2. The lowest BCUT2D eigenvalue weighted by molar-refractivity contribution is -0.123. The summed E-state index contributed by atoms with van der Waals surface area (Å²) in [6.45, 7) is -0.0735. The molecule has 6 nitrogen and oxygen atoms in total. The summed E-state index contributed by atoms with van der Waals surface area (Å²) in [5, 5.41) is 12.8. The molecule has 2 aromatic rings. The largest absolute Gasteiger partial charge is 0.486 e. The van der Waals surface area contributed by atoms with Gasteiger partial charge in [-0.25, -0.2) is 0 Å². The highest BCUT2D eigenvalue weighted by Crippen LogP contribution is 2.42. The molecule has 0 saturated heterocycles. The average Bonchev–Trinajstić information content (AvgIpc) is 2.77. The number of rotatable bonds is 6. The van der Waals surface area contributed by atoms with Gasteiger partial charge in [0.2, 0.25) is 0 Å². The first kappa shape index (κ1) is 20.4. The van der Waals surface area contributed by atoms with Gasteiger partial charge < -0.3 is 19.9 Å². The molecule has 0 bridgehead atoms. The Hall–Kier alpha value is -2.86. The van der Waals surface area contributed by atoms with Gasteiger partial charge in [-0.15, -0.1) is 0 Å². The molecule has 4 rings (SSSR count). The topological polar surface area (TPSA) is 84.9 Å². The van der Waals surface area contributed by atoms with Crippen LogP contribution in [0, 0.1) is 0 Å². The van der Waals surface area contributed by atoms with Crippen LogP contribution in [0.5, 0.6) is 11.5 Å². The molecule has 1 heterocycles. The number of Topliss-reactive ketones (excluding diaryl/α,β-unsaturated/α-hetero) is 1. The molecule has 2 aliphatic rings. The van der Waals surface area contributed by atoms with Crippen molar-refractivity contribution in [2.24, 2.45) is 0 Å². The summed E-state index contributed by atoms with van der Waals surface area (Å²) in [6, 6.07) is 14.3. The SMILES string of the molecule is O=C(COc1ccc2c(c1)OC1(CCCCC1)CC2=O)NC[C@@H](O)c1ccccc1. The van der Waals surface area contributed by atoms with Gasteiger partial charge in [0.15, 0.2) is 12.4 Å². The number of ketones is 1. The van der Waals surface area contributed by atoms with Crippen LogP contribution in [0.1, 0.15) is 60.6 Å². The number of carbonyl (C=O) groups is 2. The van der Waals surface area contributed by atoms with Crippen LogP contribution in [0.2, 0.25) is 0 Å². The van der Waals surface area contributed by atoms with Crippen molar-refractivity contribution in [3.05, 3.63) is 59.7 Å². The third-order valence-electron chi connectivity index (χ3n) is 5.87. The smallest absolute Gasteiger partial charge is 0.258 e. The van der Waals surface area contributed by atoms with Crippen LogP contribution in [-0.4, -0.2) is 35.5 Å². The Bertz CT molecular complexity index is 905. The maximum Gasteiger partial charge on any atom is 0.258 e. The number of hydrogen-bond acceptors (Lipinski definition) is 5. The van der Waals surface area contributed by atoms with Crippen molar-refractivity contribution in [1.82, 2.24) is 5.32 Å². The predicted octanol–water partition coefficient (Wildman–Crippen LogP) is 3.58. The normalized spacial score (nSPS) is 18.2. The van der Waals surface area contributed by atoms with E-state index in [-0.39, 0.29) is 30.4 Å². The zero-order valence-electron chi connectivity index (χ0n) is 16.9. The van der Waals surface area contributed by atoms with E-state index in [2.05, 4.69) is 5.32 Å². The van der Waals surface area contributed by atoms with Gasteiger partial charge in [-0.05, 0) is 43.4 Å². The minimum absolute atomic E-state index is 0.108. The van der Waals surface area contributed by atoms with Crippen LogP contribution in [0.15, 0.2) is 48.5 Å². The van der Waals surface area contributed by atoms with E-state index >= 15 is 0 Å². The first-order chi connectivity index (χ1) is 14.5. The minimum atomic E-state index is -0.773. The molecule has 0 unspecified atom stereocenters. The quantitative estimate of drug-likeness (QED) is 0.762. The van der Waals surface area contributed by atoms with E-state index in [1.54, 1.807) is 30.3 Å². The van der Waals surface area contributed by atoms with Crippen LogP contribution >= 0.6 is 0 Å². The third kappa shape index (κ3) is 4.65. The Kier molecular flexibility index (Phi) is 6.04. The molecule has 1 amide bonds. The fraction of sp³-hybridized carbons (Fsp3) is 0.417. The zero-order chi connectivity index (χ0) is 21.0. The minimum Gasteiger partial charge on any atom is -0.486 e. The molecule has 1 aliphatic carbocycles. The van der Waals surface area contributed by atoms with Gasteiger partial charge in [0.05, 0.1) is 18.1 Å². The summed E-state index contributed by atoms with van der Waals surface area (Å²) in [5.41, 5.74) is 0.937. The van der Waals surface area contributed by atoms with E-state index in [0.29, 0.717) is 23.5 Å². The van der Waals surface area contributed by atoms with Crippen LogP contribution in [0.4, 0.5) is 0 Å². The standard InChI is InChI=1S/C24H27NO5/c26-20-14-24(11-5-2-6-12-24)30-22-13-18(9-10-19(20)22)29-16-23(28)25-15-21(27)17-7-3-1-4-8-17/h1,3-4,7-10,13,21,27H,2,5-6,11-12,14-16H2,(H,25,28)/t21-/m1/s1. The molecule has 6 heteroatoms. The molecule has 1 saturated carbocycles. The molecular weight excluding hydrogens is 382 g/mol. The van der Waals surface area contributed by atoms with Crippen LogP contribution in [0.3, 0.4) is 0 Å². The Labute approximate surface area is 176 Å². The lowest BCUT2D eigenvalue weighted by atomic mass is 9.78. The van der Waals surface area contributed by atoms with E-state index in [0.717, 1.165) is 31.2 Å². The number of nitrogens with one attached hydrogen (secondary N) is 1. The van der Waals surface area contributed by atoms with Gasteiger partial charge in [0.1, 0.15) is 17.1 Å². The monoisotopic (exact) mass is 409 g/mol. The Balaban J connectivity index is 1.33. The fourth-order valence-electron chi connectivity index (χ4n) is 4.24. The highest BCUT2D eigenvalue weighted by Gasteiger charge is 2.41. The molecular formula is C24H27NO5. The molecule has 2 aromatic carbocycles. The van der Waals surface area contributed by atoms with Crippen molar-refractivity contribution in [2.75, 3.05) is 13.2 Å². The van der Waals surface area contributed by atoms with Crippen LogP contribution in [0.25, 0.3) is 0 Å². The molecule has 1 spiro atoms. The number of aliphatic hydroxyl groups excluding tert-OH is 1. The van der Waals surface area contributed by atoms with E-state index in [9.17, 15) is 14.7 Å². The van der Waals surface area contributed by atoms with Crippen molar-refractivity contribution in [2.45, 2.75) is 50.2 Å². The third-order valence-corrected chi connectivity index (χ3v) is 5.87. The zero-order valence-corrected chi connectivity index (χ0v) is 16.9. The van der Waals surface area contributed by atoms with E-state index in [4.69, 9.17) is 9.47 Å². The Morgan fingerprint density at radius 1 is 1.13 bits per heavy atom. The van der Waals surface area contributed by atoms with Crippen molar-refractivity contribution in [3.8, 4) is 11.5 Å². The van der Waals surface area contributed by atoms with E-state index < -0.39 is 6.10 Å². The van der Waals surface area contributed by atoms with Crippen LogP contribution < -0.4 is 14.8 Å². The van der Waals surface area contributed by atoms with Gasteiger partial charge >= 0.3 is 0 Å². The summed E-state index contributed by atoms with van der Waals surface area (Å²) in [7, 11) is 0. The summed E-state index contributed by atoms with van der Waals surface area (Å²) in [6.07, 6.45) is 4.80. The summed E-state index contributed by atoms with van der Waals surface area (Å²) in [5.74, 6) is 0.805. The Morgan fingerprint density at radius 3 is 2.67 bits per heavy atom. The molecule has 30 heavy (non-hydrogen) atoms. The number of benzene rings is 2. The van der Waals surface area contributed by atoms with Crippen molar-refractivity contribution >= 4 is 11.7 Å². The maximum atomic E-state index is 12.6. The van der Waals surface area contributed by atoms with E-state index in [1.165, 1.54) is 6.42 Å². The van der Waals surface area contributed by atoms with Gasteiger partial charge in [0, 0.05) is 12.6 Å². The average molecular weight is 409 g/mol. The molecule has 2 N–H and O–H groups in total. The first-order valence-electron chi connectivity index (χ1n) is 10.5. The highest BCUT2D eigenvalue weighted by molar-refractivity contribution is 6.00. The summed E-state index contributed by atoms with van der Waals surface area (Å²) in [4.78, 5) is 24.7. The highest BCUT2D eigenvalue weighted by atomic mass is 16.5. The van der Waals surface area contributed by atoms with Gasteiger partial charge in [0.25, 0.3) is 5.91 Å². The number of fused-ring (bicyclic) bond motifs is 1. The number of amides is 1. The molecule has 1 fully saturated rings. The lowest BCUT2D eigenvalue weighted by Gasteiger charge is -2.40.